The van der Waals surface area contributed by atoms with Gasteiger partial charge in [-0.15, -0.1) is 0 Å². The second-order valence-corrected chi connectivity index (χ2v) is 7.90. The van der Waals surface area contributed by atoms with Crippen molar-refractivity contribution in [2.75, 3.05) is 11.9 Å². The lowest BCUT2D eigenvalue weighted by molar-refractivity contribution is -0.137. The standard InChI is InChI=1S/C19H11Cl2F3N2O3S/c20-12-5-4-10(14(21)8-12)6-15-17(28)26(18(29)30-15)9-16(27)25-13-3-1-2-11(7-13)19(22,23)24/h1-8H,9H2,(H,25,27)/b15-6-. The van der Waals surface area contributed by atoms with Crippen molar-refractivity contribution in [3.8, 4) is 0 Å². The van der Waals surface area contributed by atoms with Gasteiger partial charge in [0.1, 0.15) is 6.54 Å². The zero-order chi connectivity index (χ0) is 22.1. The van der Waals surface area contributed by atoms with Gasteiger partial charge in [0, 0.05) is 15.7 Å². The van der Waals surface area contributed by atoms with Gasteiger partial charge in [0.2, 0.25) is 5.91 Å². The Morgan fingerprint density at radius 2 is 1.87 bits per heavy atom. The minimum Gasteiger partial charge on any atom is -0.325 e. The SMILES string of the molecule is O=C(CN1C(=O)S/C(=C\c2ccc(Cl)cc2Cl)C1=O)Nc1cccc(C(F)(F)F)c1. The molecule has 3 amide bonds. The van der Waals surface area contributed by atoms with Crippen LogP contribution >= 0.6 is 35.0 Å². The number of thioether (sulfide) groups is 1. The summed E-state index contributed by atoms with van der Waals surface area (Å²) in [7, 11) is 0. The molecule has 0 aromatic heterocycles. The Kier molecular flexibility index (Phi) is 6.44. The maximum absolute atomic E-state index is 12.8. The fourth-order valence-electron chi connectivity index (χ4n) is 2.51. The smallest absolute Gasteiger partial charge is 0.325 e. The van der Waals surface area contributed by atoms with Crippen molar-refractivity contribution in [1.82, 2.24) is 4.90 Å². The van der Waals surface area contributed by atoms with E-state index in [1.807, 2.05) is 0 Å². The number of benzene rings is 2. The Morgan fingerprint density at radius 1 is 1.13 bits per heavy atom. The van der Waals surface area contributed by atoms with Gasteiger partial charge in [-0.1, -0.05) is 35.3 Å². The Hall–Kier alpha value is -2.49. The number of carbonyl (C=O) groups excluding carboxylic acids is 3. The van der Waals surface area contributed by atoms with Crippen molar-refractivity contribution >= 4 is 63.8 Å². The molecule has 0 unspecified atom stereocenters. The van der Waals surface area contributed by atoms with E-state index >= 15 is 0 Å². The van der Waals surface area contributed by atoms with E-state index in [9.17, 15) is 27.6 Å². The lowest BCUT2D eigenvalue weighted by Gasteiger charge is -2.13. The van der Waals surface area contributed by atoms with Crippen molar-refractivity contribution in [3.63, 3.8) is 0 Å². The first-order valence-electron chi connectivity index (χ1n) is 8.22. The van der Waals surface area contributed by atoms with Crippen LogP contribution in [-0.2, 0) is 15.8 Å². The summed E-state index contributed by atoms with van der Waals surface area (Å²) in [6.07, 6.45) is -3.17. The van der Waals surface area contributed by atoms with Gasteiger partial charge in [0.05, 0.1) is 10.5 Å². The fraction of sp³-hybridized carbons (Fsp3) is 0.105. The molecule has 2 aromatic carbocycles. The van der Waals surface area contributed by atoms with Crippen molar-refractivity contribution in [2.45, 2.75) is 6.18 Å². The highest BCUT2D eigenvalue weighted by Crippen LogP contribution is 2.34. The monoisotopic (exact) mass is 474 g/mol. The molecule has 2 aromatic rings. The van der Waals surface area contributed by atoms with Crippen molar-refractivity contribution in [3.05, 3.63) is 68.5 Å². The van der Waals surface area contributed by atoms with Crippen LogP contribution in [0, 0.1) is 0 Å². The number of halogens is 5. The largest absolute Gasteiger partial charge is 0.416 e. The number of amides is 3. The van der Waals surface area contributed by atoms with Gasteiger partial charge in [-0.2, -0.15) is 13.2 Å². The predicted octanol–water partition coefficient (Wildman–Crippen LogP) is 5.69. The zero-order valence-electron chi connectivity index (χ0n) is 14.8. The number of hydrogen-bond acceptors (Lipinski definition) is 4. The number of nitrogens with zero attached hydrogens (tertiary/aromatic N) is 1. The van der Waals surface area contributed by atoms with Crippen molar-refractivity contribution < 1.29 is 27.6 Å². The molecule has 30 heavy (non-hydrogen) atoms. The summed E-state index contributed by atoms with van der Waals surface area (Å²) < 4.78 is 38.3. The Bertz CT molecular complexity index is 1070. The number of anilines is 1. The predicted molar refractivity (Wildman–Crippen MR) is 109 cm³/mol. The Balaban J connectivity index is 1.71. The molecular formula is C19H11Cl2F3N2O3S. The number of rotatable bonds is 4. The van der Waals surface area contributed by atoms with E-state index in [-0.39, 0.29) is 15.6 Å². The molecule has 1 N–H and O–H groups in total. The first kappa shape index (κ1) is 22.2. The molecule has 3 rings (SSSR count). The third kappa shape index (κ3) is 5.16. The highest BCUT2D eigenvalue weighted by molar-refractivity contribution is 8.18. The highest BCUT2D eigenvalue weighted by Gasteiger charge is 2.36. The minimum absolute atomic E-state index is 0.0519. The van der Waals surface area contributed by atoms with Gasteiger partial charge in [0.25, 0.3) is 11.1 Å². The molecule has 0 aliphatic carbocycles. The number of imide groups is 1. The third-order valence-corrected chi connectivity index (χ3v) is 5.37. The Labute approximate surface area is 182 Å². The molecule has 1 fully saturated rings. The van der Waals surface area contributed by atoms with Crippen LogP contribution in [0.25, 0.3) is 6.08 Å². The van der Waals surface area contributed by atoms with E-state index in [0.717, 1.165) is 18.2 Å². The number of carbonyl (C=O) groups is 3. The number of nitrogens with one attached hydrogen (secondary N) is 1. The first-order chi connectivity index (χ1) is 14.0. The Morgan fingerprint density at radius 3 is 2.53 bits per heavy atom. The molecule has 5 nitrogen and oxygen atoms in total. The molecule has 0 spiro atoms. The van der Waals surface area contributed by atoms with E-state index in [1.54, 1.807) is 12.1 Å². The summed E-state index contributed by atoms with van der Waals surface area (Å²) in [6, 6.07) is 8.63. The molecule has 1 heterocycles. The van der Waals surface area contributed by atoms with E-state index in [0.29, 0.717) is 27.2 Å². The molecule has 0 bridgehead atoms. The van der Waals surface area contributed by atoms with E-state index < -0.39 is 35.3 Å². The maximum atomic E-state index is 12.8. The summed E-state index contributed by atoms with van der Waals surface area (Å²) in [5.41, 5.74) is -0.584. The first-order valence-corrected chi connectivity index (χ1v) is 9.79. The van der Waals surface area contributed by atoms with Crippen LogP contribution < -0.4 is 5.32 Å². The van der Waals surface area contributed by atoms with Crippen LogP contribution in [0.15, 0.2) is 47.4 Å². The van der Waals surface area contributed by atoms with Gasteiger partial charge in [-0.3, -0.25) is 19.3 Å². The molecule has 11 heteroatoms. The summed E-state index contributed by atoms with van der Waals surface area (Å²) in [6.45, 7) is -0.646. The quantitative estimate of drug-likeness (QED) is 0.578. The second-order valence-electron chi connectivity index (χ2n) is 6.06. The van der Waals surface area contributed by atoms with E-state index in [4.69, 9.17) is 23.2 Å². The molecular weight excluding hydrogens is 464 g/mol. The van der Waals surface area contributed by atoms with E-state index in [1.165, 1.54) is 18.2 Å². The van der Waals surface area contributed by atoms with Crippen LogP contribution in [0.1, 0.15) is 11.1 Å². The van der Waals surface area contributed by atoms with Crippen LogP contribution in [-0.4, -0.2) is 28.5 Å². The summed E-state index contributed by atoms with van der Waals surface area (Å²) in [5, 5.41) is 2.24. The normalized spacial score (nSPS) is 15.8. The topological polar surface area (TPSA) is 66.5 Å². The lowest BCUT2D eigenvalue weighted by atomic mass is 10.2. The average molecular weight is 475 g/mol. The molecule has 0 atom stereocenters. The van der Waals surface area contributed by atoms with Gasteiger partial charge < -0.3 is 5.32 Å². The zero-order valence-corrected chi connectivity index (χ0v) is 17.1. The molecule has 1 saturated heterocycles. The number of alkyl halides is 3. The van der Waals surface area contributed by atoms with Crippen molar-refractivity contribution in [1.29, 1.82) is 0 Å². The second kappa shape index (κ2) is 8.71. The summed E-state index contributed by atoms with van der Waals surface area (Å²) >= 11 is 12.5. The van der Waals surface area contributed by atoms with E-state index in [2.05, 4.69) is 5.32 Å². The van der Waals surface area contributed by atoms with Crippen LogP contribution in [0.2, 0.25) is 10.0 Å². The summed E-state index contributed by atoms with van der Waals surface area (Å²) in [5.74, 6) is -1.53. The maximum Gasteiger partial charge on any atom is 0.416 e. The minimum atomic E-state index is -4.57. The lowest BCUT2D eigenvalue weighted by Crippen LogP contribution is -2.36. The van der Waals surface area contributed by atoms with Crippen LogP contribution in [0.4, 0.5) is 23.7 Å². The molecule has 1 aliphatic heterocycles. The molecule has 0 radical (unpaired) electrons. The van der Waals surface area contributed by atoms with Gasteiger partial charge in [0.15, 0.2) is 0 Å². The molecule has 156 valence electrons. The van der Waals surface area contributed by atoms with Crippen LogP contribution in [0.3, 0.4) is 0 Å². The fourth-order valence-corrected chi connectivity index (χ4v) is 3.81. The highest BCUT2D eigenvalue weighted by atomic mass is 35.5. The van der Waals surface area contributed by atoms with Crippen molar-refractivity contribution in [2.24, 2.45) is 0 Å². The third-order valence-electron chi connectivity index (χ3n) is 3.90. The van der Waals surface area contributed by atoms with Gasteiger partial charge >= 0.3 is 6.18 Å². The summed E-state index contributed by atoms with van der Waals surface area (Å²) in [4.78, 5) is 37.6. The number of hydrogen-bond donors (Lipinski definition) is 1. The van der Waals surface area contributed by atoms with Gasteiger partial charge in [-0.05, 0) is 53.7 Å². The molecule has 1 aliphatic rings. The van der Waals surface area contributed by atoms with Gasteiger partial charge in [-0.25, -0.2) is 0 Å². The van der Waals surface area contributed by atoms with Crippen LogP contribution in [0.5, 0.6) is 0 Å². The molecule has 0 saturated carbocycles. The average Bonchev–Trinajstić information content (AvgIpc) is 2.91.